The molecule has 0 heterocycles. The summed E-state index contributed by atoms with van der Waals surface area (Å²) in [5.41, 5.74) is 1.21. The number of benzene rings is 1. The highest BCUT2D eigenvalue weighted by Gasteiger charge is 2.43. The highest BCUT2D eigenvalue weighted by Crippen LogP contribution is 2.49. The summed E-state index contributed by atoms with van der Waals surface area (Å²) in [6.45, 7) is 4.39. The highest BCUT2D eigenvalue weighted by atomic mass is 32.2. The van der Waals surface area contributed by atoms with Crippen molar-refractivity contribution in [3.63, 3.8) is 0 Å². The van der Waals surface area contributed by atoms with Gasteiger partial charge in [-0.2, -0.15) is 0 Å². The minimum atomic E-state index is -0.960. The Morgan fingerprint density at radius 3 is 2.48 bits per heavy atom. The molecule has 2 aliphatic carbocycles. The first kappa shape index (κ1) is 24.0. The van der Waals surface area contributed by atoms with Gasteiger partial charge >= 0.3 is 5.97 Å². The number of carboxylic acid groups (broad SMARTS) is 1. The van der Waals surface area contributed by atoms with Crippen LogP contribution in [-0.4, -0.2) is 44.5 Å². The number of carboxylic acids is 1. The predicted octanol–water partition coefficient (Wildman–Crippen LogP) is 4.46. The zero-order valence-corrected chi connectivity index (χ0v) is 19.2. The van der Waals surface area contributed by atoms with Crippen molar-refractivity contribution in [2.24, 2.45) is 17.3 Å². The molecule has 3 rings (SSSR count). The Bertz CT molecular complexity index is 797. The molecule has 5 nitrogen and oxygen atoms in total. The second-order valence-electron chi connectivity index (χ2n) is 9.54. The number of hydrogen-bond donors (Lipinski definition) is 3. The monoisotopic (exact) mass is 446 g/mol. The van der Waals surface area contributed by atoms with E-state index < -0.39 is 12.1 Å². The van der Waals surface area contributed by atoms with Gasteiger partial charge in [-0.05, 0) is 54.7 Å². The second-order valence-corrected chi connectivity index (χ2v) is 10.7. The third kappa shape index (κ3) is 5.79. The topological polar surface area (TPSA) is 94.8 Å². The van der Waals surface area contributed by atoms with Crippen LogP contribution in [-0.2, 0) is 10.5 Å². The van der Waals surface area contributed by atoms with Gasteiger partial charge in [-0.3, -0.25) is 4.79 Å². The number of thioether (sulfide) groups is 1. The molecule has 2 saturated carbocycles. The van der Waals surface area contributed by atoms with Crippen LogP contribution in [0.5, 0.6) is 0 Å². The maximum atomic E-state index is 12.5. The summed E-state index contributed by atoms with van der Waals surface area (Å²) in [5.74, 6) is -0.0418. The Labute approximate surface area is 188 Å². The molecule has 2 fully saturated rings. The lowest BCUT2D eigenvalue weighted by Crippen LogP contribution is -2.42. The maximum absolute atomic E-state index is 12.5. The third-order valence-corrected chi connectivity index (χ3v) is 8.18. The minimum absolute atomic E-state index is 0.0267. The molecule has 0 amide bonds. The van der Waals surface area contributed by atoms with E-state index in [0.717, 1.165) is 24.8 Å². The second kappa shape index (κ2) is 10.3. The highest BCUT2D eigenvalue weighted by molar-refractivity contribution is 7.99. The molecule has 3 N–H and O–H groups in total. The molecule has 0 saturated heterocycles. The number of rotatable bonds is 10. The van der Waals surface area contributed by atoms with Crippen molar-refractivity contribution in [3.8, 4) is 0 Å². The summed E-state index contributed by atoms with van der Waals surface area (Å²) >= 11 is 1.49. The van der Waals surface area contributed by atoms with Crippen molar-refractivity contribution in [3.05, 3.63) is 47.5 Å². The van der Waals surface area contributed by atoms with Gasteiger partial charge in [-0.25, -0.2) is 4.79 Å². The van der Waals surface area contributed by atoms with E-state index >= 15 is 0 Å². The summed E-state index contributed by atoms with van der Waals surface area (Å²) in [6, 6.07) is 6.66. The van der Waals surface area contributed by atoms with Gasteiger partial charge in [-0.1, -0.05) is 44.6 Å². The summed E-state index contributed by atoms with van der Waals surface area (Å²) in [5, 5.41) is 29.9. The normalized spacial score (nSPS) is 26.4. The Morgan fingerprint density at radius 1 is 1.26 bits per heavy atom. The van der Waals surface area contributed by atoms with E-state index in [1.807, 2.05) is 12.2 Å². The summed E-state index contributed by atoms with van der Waals surface area (Å²) in [6.07, 6.45) is 7.87. The van der Waals surface area contributed by atoms with Gasteiger partial charge in [0.25, 0.3) is 0 Å². The van der Waals surface area contributed by atoms with Crippen molar-refractivity contribution >= 4 is 23.5 Å². The molecule has 0 bridgehead atoms. The number of aliphatic hydroxyl groups excluding tert-OH is 2. The molecular weight excluding hydrogens is 412 g/mol. The van der Waals surface area contributed by atoms with Crippen molar-refractivity contribution in [1.29, 1.82) is 0 Å². The fourth-order valence-electron chi connectivity index (χ4n) is 4.97. The first-order valence-electron chi connectivity index (χ1n) is 11.2. The lowest BCUT2D eigenvalue weighted by molar-refractivity contribution is -0.117. The standard InChI is InChI=1S/C25H34O5S/c1-16(2)14-25(11-4-12-25)22(28)6-3-5-19-20(26)13-21(27)23(19)31-15-17-7-9-18(10-8-17)24(29)30/h3,5,7-10,16,19-20,22-23,26,28H,4,6,11-15H2,1-2H3,(H,29,30)/t19-,20?,22?,23?/m0/s1. The molecule has 1 aromatic rings. The van der Waals surface area contributed by atoms with Crippen LogP contribution in [0.25, 0.3) is 0 Å². The molecule has 1 aromatic carbocycles. The zero-order chi connectivity index (χ0) is 22.6. The van der Waals surface area contributed by atoms with E-state index in [1.54, 1.807) is 24.3 Å². The number of hydrogen-bond acceptors (Lipinski definition) is 5. The molecule has 170 valence electrons. The molecule has 0 aliphatic heterocycles. The average Bonchev–Trinajstić information content (AvgIpc) is 2.95. The maximum Gasteiger partial charge on any atom is 0.335 e. The Hall–Kier alpha value is -1.63. The summed E-state index contributed by atoms with van der Waals surface area (Å²) in [7, 11) is 0. The van der Waals surface area contributed by atoms with E-state index in [2.05, 4.69) is 13.8 Å². The molecule has 0 spiro atoms. The number of ketones is 1. The molecule has 0 radical (unpaired) electrons. The Kier molecular flexibility index (Phi) is 8.00. The van der Waals surface area contributed by atoms with Crippen LogP contribution in [0.2, 0.25) is 0 Å². The van der Waals surface area contributed by atoms with Gasteiger partial charge in [0.15, 0.2) is 0 Å². The molecule has 31 heavy (non-hydrogen) atoms. The summed E-state index contributed by atoms with van der Waals surface area (Å²) < 4.78 is 0. The predicted molar refractivity (Wildman–Crippen MR) is 123 cm³/mol. The number of aromatic carboxylic acids is 1. The van der Waals surface area contributed by atoms with Gasteiger partial charge in [0, 0.05) is 18.1 Å². The first-order chi connectivity index (χ1) is 14.7. The van der Waals surface area contributed by atoms with Gasteiger partial charge < -0.3 is 15.3 Å². The number of Topliss-reactive ketones (excluding diaryl/α,β-unsaturated/α-hetero) is 1. The smallest absolute Gasteiger partial charge is 0.335 e. The SMILES string of the molecule is CC(C)CC1(C(O)CC=C[C@H]2C(O)CC(=O)C2SCc2ccc(C(=O)O)cc2)CCC1. The molecular formula is C25H34O5S. The van der Waals surface area contributed by atoms with Crippen LogP contribution < -0.4 is 0 Å². The molecule has 3 unspecified atom stereocenters. The Balaban J connectivity index is 1.58. The van der Waals surface area contributed by atoms with Crippen LogP contribution in [0.4, 0.5) is 0 Å². The van der Waals surface area contributed by atoms with Crippen LogP contribution in [0.3, 0.4) is 0 Å². The van der Waals surface area contributed by atoms with Crippen molar-refractivity contribution < 1.29 is 24.9 Å². The molecule has 2 aliphatic rings. The molecule has 6 heteroatoms. The third-order valence-electron chi connectivity index (χ3n) is 6.74. The fraction of sp³-hybridized carbons (Fsp3) is 0.600. The van der Waals surface area contributed by atoms with Crippen molar-refractivity contribution in [2.75, 3.05) is 0 Å². The van der Waals surface area contributed by atoms with E-state index in [9.17, 15) is 19.8 Å². The lowest BCUT2D eigenvalue weighted by atomic mass is 9.60. The Morgan fingerprint density at radius 2 is 1.94 bits per heavy atom. The molecule has 0 aromatic heterocycles. The zero-order valence-electron chi connectivity index (χ0n) is 18.4. The van der Waals surface area contributed by atoms with Crippen LogP contribution in [0.15, 0.2) is 36.4 Å². The number of carbonyl (C=O) groups excluding carboxylic acids is 1. The number of carbonyl (C=O) groups is 2. The van der Waals surface area contributed by atoms with Crippen molar-refractivity contribution in [1.82, 2.24) is 0 Å². The lowest BCUT2D eigenvalue weighted by Gasteiger charge is -2.46. The average molecular weight is 447 g/mol. The van der Waals surface area contributed by atoms with E-state index in [-0.39, 0.29) is 40.5 Å². The van der Waals surface area contributed by atoms with Gasteiger partial charge in [0.1, 0.15) is 5.78 Å². The van der Waals surface area contributed by atoms with Crippen LogP contribution >= 0.6 is 11.8 Å². The van der Waals surface area contributed by atoms with E-state index in [4.69, 9.17) is 5.11 Å². The van der Waals surface area contributed by atoms with E-state index in [0.29, 0.717) is 18.1 Å². The van der Waals surface area contributed by atoms with Gasteiger partial charge in [0.2, 0.25) is 0 Å². The van der Waals surface area contributed by atoms with Gasteiger partial charge in [0.05, 0.1) is 23.0 Å². The quantitative estimate of drug-likeness (QED) is 0.459. The van der Waals surface area contributed by atoms with Gasteiger partial charge in [-0.15, -0.1) is 11.8 Å². The largest absolute Gasteiger partial charge is 0.478 e. The minimum Gasteiger partial charge on any atom is -0.478 e. The first-order valence-corrected chi connectivity index (χ1v) is 12.3. The molecule has 4 atom stereocenters. The fourth-order valence-corrected chi connectivity index (χ4v) is 6.31. The van der Waals surface area contributed by atoms with Crippen LogP contribution in [0, 0.1) is 17.3 Å². The van der Waals surface area contributed by atoms with Crippen LogP contribution in [0.1, 0.15) is 68.3 Å². The van der Waals surface area contributed by atoms with E-state index in [1.165, 1.54) is 18.2 Å². The number of aliphatic hydroxyl groups is 2. The summed E-state index contributed by atoms with van der Waals surface area (Å²) in [4.78, 5) is 23.4. The van der Waals surface area contributed by atoms with Crippen molar-refractivity contribution in [2.45, 2.75) is 75.6 Å².